The summed E-state index contributed by atoms with van der Waals surface area (Å²) in [6.45, 7) is 0. The number of nitrogens with zero attached hydrogens (tertiary/aromatic N) is 2. The van der Waals surface area contributed by atoms with Crippen LogP contribution in [0.15, 0.2) is 6.07 Å². The molecule has 74 valence electrons. The third kappa shape index (κ3) is 2.09. The van der Waals surface area contributed by atoms with Crippen LogP contribution in [-0.4, -0.2) is 10.1 Å². The smallest absolute Gasteiger partial charge is 0.284 e. The molecule has 0 aliphatic rings. The van der Waals surface area contributed by atoms with Gasteiger partial charge in [-0.3, -0.25) is 0 Å². The van der Waals surface area contributed by atoms with Crippen molar-refractivity contribution in [2.75, 3.05) is 0 Å². The predicted molar refractivity (Wildman–Crippen MR) is 45.2 cm³/mol. The van der Waals surface area contributed by atoms with Crippen molar-refractivity contribution in [3.8, 4) is 11.8 Å². The highest BCUT2D eigenvalue weighted by molar-refractivity contribution is 6.30. The number of hydrogen-bond acceptors (Lipinski definition) is 3. The first-order chi connectivity index (χ1) is 6.56. The van der Waals surface area contributed by atoms with E-state index in [0.29, 0.717) is 0 Å². The molecule has 1 rings (SSSR count). The summed E-state index contributed by atoms with van der Waals surface area (Å²) in [5, 5.41) is 17.3. The lowest BCUT2D eigenvalue weighted by atomic mass is 10.2. The van der Waals surface area contributed by atoms with Crippen molar-refractivity contribution in [3.63, 3.8) is 0 Å². The Morgan fingerprint density at radius 1 is 1.64 bits per heavy atom. The Balaban J connectivity index is 3.18. The van der Waals surface area contributed by atoms with Gasteiger partial charge in [-0.25, -0.2) is 13.8 Å². The minimum absolute atomic E-state index is 0.0804. The van der Waals surface area contributed by atoms with Crippen molar-refractivity contribution in [3.05, 3.63) is 22.5 Å². The van der Waals surface area contributed by atoms with Gasteiger partial charge in [-0.2, -0.15) is 5.26 Å². The molecule has 14 heavy (non-hydrogen) atoms. The van der Waals surface area contributed by atoms with E-state index in [1.165, 1.54) is 0 Å². The zero-order valence-electron chi connectivity index (χ0n) is 6.84. The van der Waals surface area contributed by atoms with Gasteiger partial charge in [-0.15, -0.1) is 0 Å². The molecule has 0 bridgehead atoms. The summed E-state index contributed by atoms with van der Waals surface area (Å²) in [7, 11) is 0. The van der Waals surface area contributed by atoms with Crippen LogP contribution in [0.25, 0.3) is 0 Å². The van der Waals surface area contributed by atoms with Crippen LogP contribution in [-0.2, 0) is 6.42 Å². The molecule has 0 saturated heterocycles. The Hall–Kier alpha value is -1.41. The quantitative estimate of drug-likeness (QED) is 0.776. The highest BCUT2D eigenvalue weighted by Crippen LogP contribution is 2.29. The number of rotatable bonds is 2. The van der Waals surface area contributed by atoms with Crippen molar-refractivity contribution in [2.24, 2.45) is 0 Å². The van der Waals surface area contributed by atoms with Crippen LogP contribution in [0.4, 0.5) is 8.78 Å². The van der Waals surface area contributed by atoms with E-state index < -0.39 is 17.9 Å². The van der Waals surface area contributed by atoms with Crippen LogP contribution < -0.4 is 0 Å². The molecule has 3 nitrogen and oxygen atoms in total. The molecular formula is C8H5ClF2N2O. The summed E-state index contributed by atoms with van der Waals surface area (Å²) in [4.78, 5) is 3.31. The van der Waals surface area contributed by atoms with Gasteiger partial charge >= 0.3 is 0 Å². The van der Waals surface area contributed by atoms with Crippen molar-refractivity contribution in [2.45, 2.75) is 12.8 Å². The minimum Gasteiger partial charge on any atom is -0.506 e. The molecule has 0 radical (unpaired) electrons. The highest BCUT2D eigenvalue weighted by atomic mass is 35.5. The molecule has 1 aromatic heterocycles. The van der Waals surface area contributed by atoms with E-state index in [0.717, 1.165) is 6.07 Å². The molecule has 1 heterocycles. The summed E-state index contributed by atoms with van der Waals surface area (Å²) in [5.74, 6) is -0.644. The normalized spacial score (nSPS) is 10.2. The van der Waals surface area contributed by atoms with E-state index in [9.17, 15) is 8.78 Å². The third-order valence-electron chi connectivity index (χ3n) is 1.53. The number of alkyl halides is 2. The molecule has 0 saturated carbocycles. The van der Waals surface area contributed by atoms with Crippen LogP contribution in [0.1, 0.15) is 17.7 Å². The fourth-order valence-corrected chi connectivity index (χ4v) is 1.12. The maximum absolute atomic E-state index is 12.2. The van der Waals surface area contributed by atoms with Crippen LogP contribution in [0.5, 0.6) is 5.75 Å². The summed E-state index contributed by atoms with van der Waals surface area (Å²) in [5.41, 5.74) is -0.534. The fraction of sp³-hybridized carbons (Fsp3) is 0.250. The highest BCUT2D eigenvalue weighted by Gasteiger charge is 2.17. The molecule has 0 fully saturated rings. The lowest BCUT2D eigenvalue weighted by Gasteiger charge is -2.05. The lowest BCUT2D eigenvalue weighted by Crippen LogP contribution is -1.95. The molecular weight excluding hydrogens is 214 g/mol. The number of aromatic nitrogens is 1. The van der Waals surface area contributed by atoms with Crippen LogP contribution in [0.3, 0.4) is 0 Å². The summed E-state index contributed by atoms with van der Waals surface area (Å²) in [6.07, 6.45) is -2.97. The summed E-state index contributed by atoms with van der Waals surface area (Å²) < 4.78 is 24.4. The van der Waals surface area contributed by atoms with Crippen LogP contribution in [0.2, 0.25) is 5.15 Å². The molecule has 0 aliphatic heterocycles. The average Bonchev–Trinajstić information content (AvgIpc) is 2.10. The Morgan fingerprint density at radius 3 is 2.79 bits per heavy atom. The Bertz CT molecular complexity index is 390. The van der Waals surface area contributed by atoms with E-state index in [-0.39, 0.29) is 17.1 Å². The molecule has 0 atom stereocenters. The second kappa shape index (κ2) is 4.20. The number of aromatic hydroxyl groups is 1. The van der Waals surface area contributed by atoms with Gasteiger partial charge in [0, 0.05) is 5.56 Å². The van der Waals surface area contributed by atoms with Crippen molar-refractivity contribution >= 4 is 11.6 Å². The summed E-state index contributed by atoms with van der Waals surface area (Å²) >= 11 is 5.52. The SMILES string of the molecule is N#CCc1cc(O)c(C(F)F)nc1Cl. The van der Waals surface area contributed by atoms with Gasteiger partial charge in [0.1, 0.15) is 16.6 Å². The molecule has 0 amide bonds. The monoisotopic (exact) mass is 218 g/mol. The number of pyridine rings is 1. The number of hydrogen-bond donors (Lipinski definition) is 1. The van der Waals surface area contributed by atoms with Gasteiger partial charge in [-0.1, -0.05) is 11.6 Å². The van der Waals surface area contributed by atoms with Crippen molar-refractivity contribution in [1.82, 2.24) is 4.98 Å². The molecule has 0 aromatic carbocycles. The first-order valence-corrected chi connectivity index (χ1v) is 3.97. The van der Waals surface area contributed by atoms with Crippen molar-refractivity contribution < 1.29 is 13.9 Å². The van der Waals surface area contributed by atoms with Gasteiger partial charge in [0.25, 0.3) is 6.43 Å². The first-order valence-electron chi connectivity index (χ1n) is 3.59. The maximum Gasteiger partial charge on any atom is 0.284 e. The Labute approximate surface area is 83.6 Å². The largest absolute Gasteiger partial charge is 0.506 e. The molecule has 0 unspecified atom stereocenters. The van der Waals surface area contributed by atoms with Gasteiger partial charge in [0.2, 0.25) is 0 Å². The molecule has 1 N–H and O–H groups in total. The van der Waals surface area contributed by atoms with E-state index >= 15 is 0 Å². The number of nitriles is 1. The lowest BCUT2D eigenvalue weighted by molar-refractivity contribution is 0.142. The van der Waals surface area contributed by atoms with Crippen molar-refractivity contribution in [1.29, 1.82) is 5.26 Å². The van der Waals surface area contributed by atoms with Crippen LogP contribution in [0, 0.1) is 11.3 Å². The number of halogens is 3. The molecule has 6 heteroatoms. The average molecular weight is 219 g/mol. The second-order valence-electron chi connectivity index (χ2n) is 2.48. The first kappa shape index (κ1) is 10.7. The van der Waals surface area contributed by atoms with Gasteiger partial charge < -0.3 is 5.11 Å². The summed E-state index contributed by atoms with van der Waals surface area (Å²) in [6, 6.07) is 2.81. The fourth-order valence-electron chi connectivity index (χ4n) is 0.903. The maximum atomic E-state index is 12.2. The van der Waals surface area contributed by atoms with E-state index in [4.69, 9.17) is 22.0 Å². The topological polar surface area (TPSA) is 56.9 Å². The van der Waals surface area contributed by atoms with Gasteiger partial charge in [0.05, 0.1) is 12.5 Å². The predicted octanol–water partition coefficient (Wildman–Crippen LogP) is 2.44. The minimum atomic E-state index is -2.89. The standard InChI is InChI=1S/C8H5ClF2N2O/c9-7-4(1-2-12)3-5(14)6(13-7)8(10)11/h3,8,14H,1H2. The Morgan fingerprint density at radius 2 is 2.29 bits per heavy atom. The zero-order valence-corrected chi connectivity index (χ0v) is 7.59. The van der Waals surface area contributed by atoms with E-state index in [1.54, 1.807) is 6.07 Å². The molecule has 1 aromatic rings. The molecule has 0 spiro atoms. The van der Waals surface area contributed by atoms with Crippen LogP contribution >= 0.6 is 11.6 Å². The van der Waals surface area contributed by atoms with Gasteiger partial charge in [-0.05, 0) is 6.07 Å². The molecule has 0 aliphatic carbocycles. The second-order valence-corrected chi connectivity index (χ2v) is 2.84. The van der Waals surface area contributed by atoms with E-state index in [1.807, 2.05) is 0 Å². The zero-order chi connectivity index (χ0) is 10.7. The third-order valence-corrected chi connectivity index (χ3v) is 1.86. The van der Waals surface area contributed by atoms with E-state index in [2.05, 4.69) is 4.98 Å². The van der Waals surface area contributed by atoms with Gasteiger partial charge in [0.15, 0.2) is 0 Å². The Kier molecular flexibility index (Phi) is 3.20.